The summed E-state index contributed by atoms with van der Waals surface area (Å²) >= 11 is 0. The summed E-state index contributed by atoms with van der Waals surface area (Å²) in [5, 5.41) is 0. The van der Waals surface area contributed by atoms with Crippen molar-refractivity contribution in [2.24, 2.45) is 10.1 Å². The Morgan fingerprint density at radius 3 is 2.62 bits per heavy atom. The van der Waals surface area contributed by atoms with E-state index < -0.39 is 9.73 Å². The number of nitrogens with zero attached hydrogens (tertiary/aromatic N) is 1. The van der Waals surface area contributed by atoms with E-state index in [1.165, 1.54) is 0 Å². The summed E-state index contributed by atoms with van der Waals surface area (Å²) in [4.78, 5) is 0. The maximum Gasteiger partial charge on any atom is 0.0828 e. The Hall–Kier alpha value is -0.130. The van der Waals surface area contributed by atoms with Gasteiger partial charge in [-0.3, -0.25) is 4.21 Å². The van der Waals surface area contributed by atoms with Crippen molar-refractivity contribution in [3.8, 4) is 0 Å². The molecule has 1 fully saturated rings. The highest BCUT2D eigenvalue weighted by Gasteiger charge is 2.20. The fraction of sp³-hybridized carbons (Fsp3) is 1.00. The Labute approximate surface area is 80.0 Å². The summed E-state index contributed by atoms with van der Waals surface area (Å²) in [6.07, 6.45) is 5.36. The predicted molar refractivity (Wildman–Crippen MR) is 54.2 cm³/mol. The van der Waals surface area contributed by atoms with Crippen LogP contribution in [-0.2, 0) is 14.5 Å². The molecule has 2 N–H and O–H groups in total. The number of hydrogen-bond acceptors (Lipinski definition) is 4. The van der Waals surface area contributed by atoms with Crippen LogP contribution in [0.3, 0.4) is 0 Å². The van der Waals surface area contributed by atoms with Gasteiger partial charge in [0.05, 0.1) is 18.8 Å². The van der Waals surface area contributed by atoms with Gasteiger partial charge in [0.15, 0.2) is 0 Å². The zero-order valence-electron chi connectivity index (χ0n) is 8.23. The SMILES string of the molecule is CS(C)(=O)=NC1CCC(CN)OC1. The lowest BCUT2D eigenvalue weighted by molar-refractivity contribution is 0.0121. The van der Waals surface area contributed by atoms with Gasteiger partial charge in [0, 0.05) is 28.8 Å². The lowest BCUT2D eigenvalue weighted by atomic mass is 10.1. The first-order chi connectivity index (χ1) is 6.01. The molecule has 0 aliphatic carbocycles. The lowest BCUT2D eigenvalue weighted by Gasteiger charge is -2.25. The van der Waals surface area contributed by atoms with Crippen molar-refractivity contribution in [2.45, 2.75) is 25.0 Å². The van der Waals surface area contributed by atoms with Crippen molar-refractivity contribution in [1.29, 1.82) is 0 Å². The van der Waals surface area contributed by atoms with Gasteiger partial charge in [0.25, 0.3) is 0 Å². The third kappa shape index (κ3) is 4.06. The Bertz CT molecular complexity index is 255. The topological polar surface area (TPSA) is 64.7 Å². The summed E-state index contributed by atoms with van der Waals surface area (Å²) < 4.78 is 21.0. The number of ether oxygens (including phenoxy) is 1. The molecular formula is C8H18N2O2S. The van der Waals surface area contributed by atoms with Crippen LogP contribution in [0.25, 0.3) is 0 Å². The van der Waals surface area contributed by atoms with Crippen molar-refractivity contribution in [3.05, 3.63) is 0 Å². The molecule has 78 valence electrons. The first-order valence-corrected chi connectivity index (χ1v) is 6.82. The maximum atomic E-state index is 11.4. The second-order valence-corrected chi connectivity index (χ2v) is 6.28. The van der Waals surface area contributed by atoms with Gasteiger partial charge in [-0.1, -0.05) is 0 Å². The quantitative estimate of drug-likeness (QED) is 0.703. The van der Waals surface area contributed by atoms with E-state index in [9.17, 15) is 4.21 Å². The second-order valence-electron chi connectivity index (χ2n) is 3.71. The zero-order chi connectivity index (χ0) is 9.90. The number of hydrogen-bond donors (Lipinski definition) is 1. The summed E-state index contributed by atoms with van der Waals surface area (Å²) in [5.74, 6) is 0. The third-order valence-corrected chi connectivity index (χ3v) is 2.82. The maximum absolute atomic E-state index is 11.4. The molecule has 1 heterocycles. The van der Waals surface area contributed by atoms with E-state index in [1.807, 2.05) is 0 Å². The molecule has 1 rings (SSSR count). The molecule has 0 aromatic heterocycles. The van der Waals surface area contributed by atoms with Gasteiger partial charge in [-0.05, 0) is 12.8 Å². The molecule has 2 unspecified atom stereocenters. The minimum absolute atomic E-state index is 0.102. The summed E-state index contributed by atoms with van der Waals surface area (Å²) in [7, 11) is -1.98. The molecule has 1 saturated heterocycles. The van der Waals surface area contributed by atoms with E-state index in [0.717, 1.165) is 12.8 Å². The highest BCUT2D eigenvalue weighted by Crippen LogP contribution is 2.16. The second kappa shape index (κ2) is 4.39. The monoisotopic (exact) mass is 206 g/mol. The van der Waals surface area contributed by atoms with Gasteiger partial charge in [-0.15, -0.1) is 0 Å². The molecule has 2 atom stereocenters. The molecule has 0 aromatic carbocycles. The molecule has 0 amide bonds. The van der Waals surface area contributed by atoms with Crippen molar-refractivity contribution in [1.82, 2.24) is 0 Å². The Morgan fingerprint density at radius 1 is 1.54 bits per heavy atom. The first kappa shape index (κ1) is 10.9. The first-order valence-electron chi connectivity index (χ1n) is 4.49. The Morgan fingerprint density at radius 2 is 2.23 bits per heavy atom. The molecule has 1 aliphatic heterocycles. The van der Waals surface area contributed by atoms with Gasteiger partial charge >= 0.3 is 0 Å². The van der Waals surface area contributed by atoms with Crippen LogP contribution in [0, 0.1) is 0 Å². The molecule has 0 bridgehead atoms. The van der Waals surface area contributed by atoms with Crippen molar-refractivity contribution >= 4 is 9.73 Å². The Balaban J connectivity index is 2.47. The number of nitrogens with two attached hydrogens (primary N) is 1. The molecule has 0 radical (unpaired) electrons. The van der Waals surface area contributed by atoms with E-state index in [1.54, 1.807) is 12.5 Å². The van der Waals surface area contributed by atoms with Gasteiger partial charge in [0.2, 0.25) is 0 Å². The van der Waals surface area contributed by atoms with E-state index in [4.69, 9.17) is 10.5 Å². The minimum atomic E-state index is -1.98. The fourth-order valence-electron chi connectivity index (χ4n) is 1.42. The molecule has 13 heavy (non-hydrogen) atoms. The highest BCUT2D eigenvalue weighted by atomic mass is 32.2. The molecule has 0 aromatic rings. The molecule has 1 aliphatic rings. The smallest absolute Gasteiger partial charge is 0.0828 e. The van der Waals surface area contributed by atoms with Crippen molar-refractivity contribution in [2.75, 3.05) is 25.7 Å². The van der Waals surface area contributed by atoms with E-state index >= 15 is 0 Å². The third-order valence-electron chi connectivity index (χ3n) is 2.01. The molecule has 5 heteroatoms. The van der Waals surface area contributed by atoms with Crippen LogP contribution >= 0.6 is 0 Å². The van der Waals surface area contributed by atoms with Gasteiger partial charge < -0.3 is 10.5 Å². The van der Waals surface area contributed by atoms with Crippen LogP contribution in [0.4, 0.5) is 0 Å². The standard InChI is InChI=1S/C8H18N2O2S/c1-13(2,11)10-7-3-4-8(5-9)12-6-7/h7-8H,3-6,9H2,1-2H3. The average Bonchev–Trinajstić information content (AvgIpc) is 2.03. The molecule has 4 nitrogen and oxygen atoms in total. The lowest BCUT2D eigenvalue weighted by Crippen LogP contribution is -2.33. The van der Waals surface area contributed by atoms with Gasteiger partial charge in [-0.25, -0.2) is 4.36 Å². The summed E-state index contributed by atoms with van der Waals surface area (Å²) in [6.45, 7) is 1.14. The Kier molecular flexibility index (Phi) is 3.70. The number of rotatable bonds is 2. The minimum Gasteiger partial charge on any atom is -0.375 e. The average molecular weight is 206 g/mol. The van der Waals surface area contributed by atoms with Crippen LogP contribution in [0.1, 0.15) is 12.8 Å². The van der Waals surface area contributed by atoms with Crippen LogP contribution in [0.2, 0.25) is 0 Å². The van der Waals surface area contributed by atoms with Crippen molar-refractivity contribution in [3.63, 3.8) is 0 Å². The van der Waals surface area contributed by atoms with Crippen LogP contribution in [-0.4, -0.2) is 42.0 Å². The van der Waals surface area contributed by atoms with Gasteiger partial charge in [0.1, 0.15) is 0 Å². The predicted octanol–water partition coefficient (Wildman–Crippen LogP) is 0.220. The largest absolute Gasteiger partial charge is 0.375 e. The normalized spacial score (nSPS) is 30.1. The van der Waals surface area contributed by atoms with Crippen molar-refractivity contribution < 1.29 is 8.95 Å². The zero-order valence-corrected chi connectivity index (χ0v) is 9.05. The highest BCUT2D eigenvalue weighted by molar-refractivity contribution is 7.92. The van der Waals surface area contributed by atoms with E-state index in [0.29, 0.717) is 13.2 Å². The molecule has 0 saturated carbocycles. The van der Waals surface area contributed by atoms with Crippen LogP contribution in [0.15, 0.2) is 4.36 Å². The summed E-state index contributed by atoms with van der Waals surface area (Å²) in [5.41, 5.74) is 5.46. The van der Waals surface area contributed by atoms with E-state index in [2.05, 4.69) is 4.36 Å². The summed E-state index contributed by atoms with van der Waals surface area (Å²) in [6, 6.07) is 0.102. The molecule has 0 spiro atoms. The fourth-order valence-corrected chi connectivity index (χ4v) is 2.30. The van der Waals surface area contributed by atoms with Gasteiger partial charge in [-0.2, -0.15) is 0 Å². The van der Waals surface area contributed by atoms with Crippen LogP contribution in [0.5, 0.6) is 0 Å². The van der Waals surface area contributed by atoms with E-state index in [-0.39, 0.29) is 12.1 Å². The molecular weight excluding hydrogens is 188 g/mol. The van der Waals surface area contributed by atoms with Crippen LogP contribution < -0.4 is 5.73 Å².